The standard InChI is InChI=1S/C20H17N5O4S2/c21-25-19(29)12(9-10-18(27)28)22-23-20(25)30-11-17(26)24-13-5-1-3-7-15(13)31-16-8-4-2-6-14(16)24/h1-8H,9-11,21H2,(H,27,28). The number of benzene rings is 2. The van der Waals surface area contributed by atoms with E-state index in [0.29, 0.717) is 0 Å². The molecule has 11 heteroatoms. The molecule has 0 radical (unpaired) electrons. The molecule has 0 unspecified atom stereocenters. The van der Waals surface area contributed by atoms with Gasteiger partial charge in [-0.25, -0.2) is 0 Å². The van der Waals surface area contributed by atoms with E-state index in [2.05, 4.69) is 10.2 Å². The zero-order valence-electron chi connectivity index (χ0n) is 16.1. The number of aryl methyl sites for hydroxylation is 1. The molecule has 0 bridgehead atoms. The molecule has 3 N–H and O–H groups in total. The van der Waals surface area contributed by atoms with Gasteiger partial charge in [0.25, 0.3) is 5.56 Å². The third kappa shape index (κ3) is 4.28. The maximum Gasteiger partial charge on any atom is 0.303 e. The lowest BCUT2D eigenvalue weighted by molar-refractivity contribution is -0.137. The summed E-state index contributed by atoms with van der Waals surface area (Å²) in [5, 5.41) is 16.5. The van der Waals surface area contributed by atoms with Gasteiger partial charge < -0.3 is 10.9 Å². The molecule has 0 aliphatic carbocycles. The number of aliphatic carboxylic acids is 1. The minimum atomic E-state index is -1.05. The monoisotopic (exact) mass is 455 g/mol. The molecule has 0 saturated carbocycles. The van der Waals surface area contributed by atoms with Gasteiger partial charge >= 0.3 is 5.97 Å². The van der Waals surface area contributed by atoms with Crippen LogP contribution in [0.2, 0.25) is 0 Å². The number of aromatic nitrogens is 3. The Morgan fingerprint density at radius 3 is 2.26 bits per heavy atom. The Morgan fingerprint density at radius 2 is 1.65 bits per heavy atom. The van der Waals surface area contributed by atoms with E-state index in [1.54, 1.807) is 16.7 Å². The van der Waals surface area contributed by atoms with E-state index >= 15 is 0 Å². The molecule has 31 heavy (non-hydrogen) atoms. The van der Waals surface area contributed by atoms with Gasteiger partial charge in [-0.1, -0.05) is 47.8 Å². The Morgan fingerprint density at radius 1 is 1.03 bits per heavy atom. The number of carbonyl (C=O) groups excluding carboxylic acids is 1. The number of carboxylic acids is 1. The van der Waals surface area contributed by atoms with Crippen molar-refractivity contribution in [3.8, 4) is 0 Å². The molecule has 158 valence electrons. The zero-order valence-corrected chi connectivity index (χ0v) is 17.7. The van der Waals surface area contributed by atoms with Crippen LogP contribution < -0.4 is 16.3 Å². The highest BCUT2D eigenvalue weighted by Crippen LogP contribution is 2.48. The Kier molecular flexibility index (Phi) is 5.96. The van der Waals surface area contributed by atoms with Gasteiger partial charge in [-0.15, -0.1) is 10.2 Å². The summed E-state index contributed by atoms with van der Waals surface area (Å²) in [6.07, 6.45) is -0.318. The third-order valence-corrected chi connectivity index (χ3v) is 6.57. The molecular weight excluding hydrogens is 438 g/mol. The number of rotatable bonds is 6. The maximum atomic E-state index is 13.2. The molecule has 2 heterocycles. The lowest BCUT2D eigenvalue weighted by atomic mass is 10.2. The number of nitrogens with two attached hydrogens (primary N) is 1. The largest absolute Gasteiger partial charge is 0.481 e. The van der Waals surface area contributed by atoms with Gasteiger partial charge in [0, 0.05) is 16.2 Å². The smallest absolute Gasteiger partial charge is 0.303 e. The number of carboxylic acid groups (broad SMARTS) is 1. The summed E-state index contributed by atoms with van der Waals surface area (Å²) in [5.41, 5.74) is 0.918. The fourth-order valence-electron chi connectivity index (χ4n) is 3.06. The van der Waals surface area contributed by atoms with Crippen LogP contribution in [0.1, 0.15) is 12.1 Å². The van der Waals surface area contributed by atoms with Gasteiger partial charge in [0.1, 0.15) is 5.69 Å². The van der Waals surface area contributed by atoms with Gasteiger partial charge in [0.05, 0.1) is 23.5 Å². The number of hydrogen-bond acceptors (Lipinski definition) is 8. The van der Waals surface area contributed by atoms with Gasteiger partial charge in [0.2, 0.25) is 11.1 Å². The first-order valence-corrected chi connectivity index (χ1v) is 11.0. The van der Waals surface area contributed by atoms with Crippen molar-refractivity contribution in [1.29, 1.82) is 0 Å². The van der Waals surface area contributed by atoms with Crippen LogP contribution in [0.15, 0.2) is 68.3 Å². The molecule has 1 aromatic heterocycles. The van der Waals surface area contributed by atoms with Crippen LogP contribution in [0, 0.1) is 0 Å². The molecule has 2 aromatic carbocycles. The lowest BCUT2D eigenvalue weighted by Gasteiger charge is -2.30. The Labute approximate surface area is 185 Å². The molecule has 3 aromatic rings. The van der Waals surface area contributed by atoms with E-state index in [1.165, 1.54) is 0 Å². The van der Waals surface area contributed by atoms with E-state index in [1.807, 2.05) is 48.5 Å². The van der Waals surface area contributed by atoms with Crippen molar-refractivity contribution in [1.82, 2.24) is 14.9 Å². The number of carbonyl (C=O) groups is 2. The van der Waals surface area contributed by atoms with E-state index in [-0.39, 0.29) is 35.4 Å². The molecule has 9 nitrogen and oxygen atoms in total. The average Bonchev–Trinajstić information content (AvgIpc) is 2.77. The summed E-state index contributed by atoms with van der Waals surface area (Å²) in [6.45, 7) is 0. The number of fused-ring (bicyclic) bond motifs is 2. The Balaban J connectivity index is 1.56. The molecule has 0 fully saturated rings. The molecule has 1 aliphatic rings. The van der Waals surface area contributed by atoms with Gasteiger partial charge in [0.15, 0.2) is 0 Å². The summed E-state index contributed by atoms with van der Waals surface area (Å²) in [4.78, 5) is 39.8. The van der Waals surface area contributed by atoms with Gasteiger partial charge in [-0.2, -0.15) is 4.68 Å². The third-order valence-electron chi connectivity index (χ3n) is 4.51. The minimum Gasteiger partial charge on any atom is -0.481 e. The zero-order chi connectivity index (χ0) is 22.0. The fraction of sp³-hybridized carbons (Fsp3) is 0.150. The van der Waals surface area contributed by atoms with Crippen molar-refractivity contribution in [2.45, 2.75) is 27.8 Å². The van der Waals surface area contributed by atoms with Crippen LogP contribution in [0.5, 0.6) is 0 Å². The first-order valence-electron chi connectivity index (χ1n) is 9.23. The molecule has 4 rings (SSSR count). The van der Waals surface area contributed by atoms with Crippen molar-refractivity contribution < 1.29 is 14.7 Å². The predicted molar refractivity (Wildman–Crippen MR) is 117 cm³/mol. The molecule has 0 spiro atoms. The second-order valence-corrected chi connectivity index (χ2v) is 8.58. The van der Waals surface area contributed by atoms with Crippen LogP contribution in [-0.4, -0.2) is 37.6 Å². The van der Waals surface area contributed by atoms with Gasteiger partial charge in [-0.3, -0.25) is 19.3 Å². The highest BCUT2D eigenvalue weighted by Gasteiger charge is 2.28. The summed E-state index contributed by atoms with van der Waals surface area (Å²) in [5.74, 6) is 4.55. The number of amides is 1. The number of hydrogen-bond donors (Lipinski definition) is 2. The molecule has 1 amide bonds. The van der Waals surface area contributed by atoms with Crippen molar-refractivity contribution in [2.24, 2.45) is 0 Å². The van der Waals surface area contributed by atoms with Crippen molar-refractivity contribution >= 4 is 46.8 Å². The fourth-order valence-corrected chi connectivity index (χ4v) is 4.82. The summed E-state index contributed by atoms with van der Waals surface area (Å²) < 4.78 is 0.802. The predicted octanol–water partition coefficient (Wildman–Crippen LogP) is 2.29. The van der Waals surface area contributed by atoms with E-state index < -0.39 is 11.5 Å². The van der Waals surface area contributed by atoms with Crippen molar-refractivity contribution in [3.63, 3.8) is 0 Å². The molecule has 1 aliphatic heterocycles. The topological polar surface area (TPSA) is 131 Å². The van der Waals surface area contributed by atoms with Crippen LogP contribution in [-0.2, 0) is 16.0 Å². The van der Waals surface area contributed by atoms with Crippen LogP contribution >= 0.6 is 23.5 Å². The number of nitrogen functional groups attached to an aromatic ring is 1. The summed E-state index contributed by atoms with van der Waals surface area (Å²) >= 11 is 2.60. The van der Waals surface area contributed by atoms with Crippen LogP contribution in [0.3, 0.4) is 0 Å². The summed E-state index contributed by atoms with van der Waals surface area (Å²) in [6, 6.07) is 15.3. The van der Waals surface area contributed by atoms with Gasteiger partial charge in [-0.05, 0) is 24.3 Å². The number of para-hydroxylation sites is 2. The maximum absolute atomic E-state index is 13.2. The second kappa shape index (κ2) is 8.82. The van der Waals surface area contributed by atoms with E-state index in [9.17, 15) is 14.4 Å². The normalized spacial score (nSPS) is 12.2. The molecular formula is C20H17N5O4S2. The van der Waals surface area contributed by atoms with Crippen LogP contribution in [0.4, 0.5) is 11.4 Å². The SMILES string of the molecule is Nn1c(SCC(=O)N2c3ccccc3Sc3ccccc32)nnc(CCC(=O)O)c1=O. The van der Waals surface area contributed by atoms with Crippen molar-refractivity contribution in [3.05, 3.63) is 64.6 Å². The average molecular weight is 456 g/mol. The van der Waals surface area contributed by atoms with Crippen molar-refractivity contribution in [2.75, 3.05) is 16.5 Å². The number of anilines is 2. The Hall–Kier alpha value is -3.31. The van der Waals surface area contributed by atoms with E-state index in [4.69, 9.17) is 10.9 Å². The number of nitrogens with zero attached hydrogens (tertiary/aromatic N) is 4. The molecule has 0 atom stereocenters. The number of thioether (sulfide) groups is 1. The quantitative estimate of drug-likeness (QED) is 0.424. The molecule has 0 saturated heterocycles. The second-order valence-electron chi connectivity index (χ2n) is 6.55. The highest BCUT2D eigenvalue weighted by molar-refractivity contribution is 8.00. The Bertz CT molecular complexity index is 1180. The lowest BCUT2D eigenvalue weighted by Crippen LogP contribution is -2.34. The highest BCUT2D eigenvalue weighted by atomic mass is 32.2. The van der Waals surface area contributed by atoms with Crippen LogP contribution in [0.25, 0.3) is 0 Å². The van der Waals surface area contributed by atoms with E-state index in [0.717, 1.165) is 37.6 Å². The first-order chi connectivity index (χ1) is 15.0. The minimum absolute atomic E-state index is 0.0207. The first kappa shape index (κ1) is 20.9. The summed E-state index contributed by atoms with van der Waals surface area (Å²) in [7, 11) is 0.